The summed E-state index contributed by atoms with van der Waals surface area (Å²) in [7, 11) is 3.95. The monoisotopic (exact) mass is 248 g/mol. The van der Waals surface area contributed by atoms with E-state index in [2.05, 4.69) is 41.5 Å². The highest BCUT2D eigenvalue weighted by Gasteiger charge is 2.16. The van der Waals surface area contributed by atoms with Gasteiger partial charge in [-0.25, -0.2) is 0 Å². The lowest BCUT2D eigenvalue weighted by Gasteiger charge is -2.29. The van der Waals surface area contributed by atoms with Crippen LogP contribution < -0.4 is 5.32 Å². The SMILES string of the molecule is COCc1ccccc1CNC1CCN(C)CC1. The van der Waals surface area contributed by atoms with Gasteiger partial charge in [0.25, 0.3) is 0 Å². The van der Waals surface area contributed by atoms with E-state index in [1.807, 2.05) is 0 Å². The van der Waals surface area contributed by atoms with Crippen molar-refractivity contribution in [2.75, 3.05) is 27.2 Å². The van der Waals surface area contributed by atoms with Gasteiger partial charge in [0.05, 0.1) is 6.61 Å². The molecule has 3 nitrogen and oxygen atoms in total. The molecule has 2 rings (SSSR count). The lowest BCUT2D eigenvalue weighted by atomic mass is 10.0. The summed E-state index contributed by atoms with van der Waals surface area (Å²) in [6, 6.07) is 9.18. The van der Waals surface area contributed by atoms with E-state index in [0.29, 0.717) is 12.6 Å². The summed E-state index contributed by atoms with van der Waals surface area (Å²) in [4.78, 5) is 2.40. The van der Waals surface area contributed by atoms with Crippen molar-refractivity contribution in [1.29, 1.82) is 0 Å². The number of ether oxygens (including phenoxy) is 1. The van der Waals surface area contributed by atoms with Gasteiger partial charge in [-0.2, -0.15) is 0 Å². The molecule has 18 heavy (non-hydrogen) atoms. The lowest BCUT2D eigenvalue weighted by Crippen LogP contribution is -2.40. The highest BCUT2D eigenvalue weighted by atomic mass is 16.5. The molecule has 1 heterocycles. The van der Waals surface area contributed by atoms with Crippen LogP contribution in [0, 0.1) is 0 Å². The molecular formula is C15H24N2O. The van der Waals surface area contributed by atoms with Crippen molar-refractivity contribution in [1.82, 2.24) is 10.2 Å². The zero-order valence-corrected chi connectivity index (χ0v) is 11.5. The summed E-state index contributed by atoms with van der Waals surface area (Å²) < 4.78 is 5.24. The van der Waals surface area contributed by atoms with E-state index in [-0.39, 0.29) is 0 Å². The highest BCUT2D eigenvalue weighted by Crippen LogP contribution is 2.12. The minimum absolute atomic E-state index is 0.664. The second-order valence-corrected chi connectivity index (χ2v) is 5.16. The fraction of sp³-hybridized carbons (Fsp3) is 0.600. The van der Waals surface area contributed by atoms with Gasteiger partial charge in [-0.1, -0.05) is 24.3 Å². The van der Waals surface area contributed by atoms with Gasteiger partial charge in [0, 0.05) is 19.7 Å². The first-order valence-corrected chi connectivity index (χ1v) is 6.77. The first-order valence-electron chi connectivity index (χ1n) is 6.77. The van der Waals surface area contributed by atoms with E-state index >= 15 is 0 Å². The van der Waals surface area contributed by atoms with Crippen LogP contribution in [0.25, 0.3) is 0 Å². The number of nitrogens with one attached hydrogen (secondary N) is 1. The van der Waals surface area contributed by atoms with E-state index in [9.17, 15) is 0 Å². The van der Waals surface area contributed by atoms with Gasteiger partial charge in [-0.05, 0) is 44.1 Å². The topological polar surface area (TPSA) is 24.5 Å². The molecular weight excluding hydrogens is 224 g/mol. The molecule has 0 aromatic heterocycles. The third-order valence-corrected chi connectivity index (χ3v) is 3.72. The third-order valence-electron chi connectivity index (χ3n) is 3.72. The van der Waals surface area contributed by atoms with Crippen LogP contribution in [-0.4, -0.2) is 38.2 Å². The summed E-state index contributed by atoms with van der Waals surface area (Å²) in [6.07, 6.45) is 2.51. The molecule has 0 bridgehead atoms. The fourth-order valence-corrected chi connectivity index (χ4v) is 2.49. The Morgan fingerprint density at radius 2 is 1.89 bits per heavy atom. The maximum absolute atomic E-state index is 5.24. The molecule has 0 unspecified atom stereocenters. The number of hydrogen-bond donors (Lipinski definition) is 1. The smallest absolute Gasteiger partial charge is 0.0716 e. The Morgan fingerprint density at radius 3 is 2.56 bits per heavy atom. The molecule has 1 aliphatic heterocycles. The molecule has 1 aromatic carbocycles. The first kappa shape index (κ1) is 13.5. The summed E-state index contributed by atoms with van der Waals surface area (Å²) in [6.45, 7) is 4.06. The van der Waals surface area contributed by atoms with Crippen LogP contribution in [-0.2, 0) is 17.9 Å². The van der Waals surface area contributed by atoms with Crippen molar-refractivity contribution in [2.24, 2.45) is 0 Å². The van der Waals surface area contributed by atoms with Crippen LogP contribution >= 0.6 is 0 Å². The van der Waals surface area contributed by atoms with Gasteiger partial charge in [0.15, 0.2) is 0 Å². The van der Waals surface area contributed by atoms with Crippen LogP contribution in [0.5, 0.6) is 0 Å². The van der Waals surface area contributed by atoms with Gasteiger partial charge >= 0.3 is 0 Å². The van der Waals surface area contributed by atoms with E-state index in [1.54, 1.807) is 7.11 Å². The average molecular weight is 248 g/mol. The molecule has 0 amide bonds. The van der Waals surface area contributed by atoms with Crippen LogP contribution in [0.15, 0.2) is 24.3 Å². The van der Waals surface area contributed by atoms with Crippen LogP contribution in [0.3, 0.4) is 0 Å². The summed E-state index contributed by atoms with van der Waals surface area (Å²) in [5.74, 6) is 0. The quantitative estimate of drug-likeness (QED) is 0.863. The summed E-state index contributed by atoms with van der Waals surface area (Å²) in [5.41, 5.74) is 2.65. The number of likely N-dealkylation sites (tertiary alicyclic amines) is 1. The molecule has 0 saturated carbocycles. The van der Waals surface area contributed by atoms with Gasteiger partial charge in [0.1, 0.15) is 0 Å². The second kappa shape index (κ2) is 6.88. The highest BCUT2D eigenvalue weighted by molar-refractivity contribution is 5.26. The van der Waals surface area contributed by atoms with Gasteiger partial charge in [0.2, 0.25) is 0 Å². The third kappa shape index (κ3) is 3.80. The van der Waals surface area contributed by atoms with E-state index in [0.717, 1.165) is 6.54 Å². The van der Waals surface area contributed by atoms with E-state index < -0.39 is 0 Å². The Balaban J connectivity index is 1.86. The minimum atomic E-state index is 0.664. The molecule has 0 spiro atoms. The summed E-state index contributed by atoms with van der Waals surface area (Å²) in [5, 5.41) is 3.68. The second-order valence-electron chi connectivity index (χ2n) is 5.16. The molecule has 0 aliphatic carbocycles. The number of benzene rings is 1. The first-order chi connectivity index (χ1) is 8.79. The Bertz CT molecular complexity index is 359. The molecule has 1 aliphatic rings. The Morgan fingerprint density at radius 1 is 1.22 bits per heavy atom. The molecule has 3 heteroatoms. The van der Waals surface area contributed by atoms with Gasteiger partial charge < -0.3 is 15.0 Å². The predicted octanol–water partition coefficient (Wildman–Crippen LogP) is 2.02. The van der Waals surface area contributed by atoms with Crippen molar-refractivity contribution in [2.45, 2.75) is 32.0 Å². The van der Waals surface area contributed by atoms with Crippen molar-refractivity contribution in [3.8, 4) is 0 Å². The van der Waals surface area contributed by atoms with Gasteiger partial charge in [-0.3, -0.25) is 0 Å². The van der Waals surface area contributed by atoms with E-state index in [4.69, 9.17) is 4.74 Å². The van der Waals surface area contributed by atoms with Crippen molar-refractivity contribution >= 4 is 0 Å². The number of piperidine rings is 1. The molecule has 1 saturated heterocycles. The number of rotatable bonds is 5. The molecule has 0 radical (unpaired) electrons. The number of hydrogen-bond acceptors (Lipinski definition) is 3. The molecule has 0 atom stereocenters. The Kier molecular flexibility index (Phi) is 5.17. The normalized spacial score (nSPS) is 18.1. The van der Waals surface area contributed by atoms with Crippen LogP contribution in [0.2, 0.25) is 0 Å². The zero-order chi connectivity index (χ0) is 12.8. The van der Waals surface area contributed by atoms with Gasteiger partial charge in [-0.15, -0.1) is 0 Å². The molecule has 100 valence electrons. The van der Waals surface area contributed by atoms with Crippen LogP contribution in [0.4, 0.5) is 0 Å². The van der Waals surface area contributed by atoms with Crippen molar-refractivity contribution in [3.63, 3.8) is 0 Å². The fourth-order valence-electron chi connectivity index (χ4n) is 2.49. The lowest BCUT2D eigenvalue weighted by molar-refractivity contribution is 0.183. The molecule has 1 fully saturated rings. The maximum Gasteiger partial charge on any atom is 0.0716 e. The van der Waals surface area contributed by atoms with E-state index in [1.165, 1.54) is 37.1 Å². The number of nitrogens with zero attached hydrogens (tertiary/aromatic N) is 1. The van der Waals surface area contributed by atoms with Crippen molar-refractivity contribution in [3.05, 3.63) is 35.4 Å². The Labute approximate surface area is 110 Å². The molecule has 1 N–H and O–H groups in total. The van der Waals surface area contributed by atoms with Crippen molar-refractivity contribution < 1.29 is 4.74 Å². The predicted molar refractivity (Wildman–Crippen MR) is 74.5 cm³/mol. The zero-order valence-electron chi connectivity index (χ0n) is 11.5. The standard InChI is InChI=1S/C15H24N2O/c1-17-9-7-15(8-10-17)16-11-13-5-3-4-6-14(13)12-18-2/h3-6,15-16H,7-12H2,1-2H3. The largest absolute Gasteiger partial charge is 0.380 e. The maximum atomic E-state index is 5.24. The van der Waals surface area contributed by atoms with Crippen LogP contribution in [0.1, 0.15) is 24.0 Å². The molecule has 1 aromatic rings. The number of methoxy groups -OCH3 is 1. The summed E-state index contributed by atoms with van der Waals surface area (Å²) >= 11 is 0. The minimum Gasteiger partial charge on any atom is -0.380 e. The Hall–Kier alpha value is -0.900. The average Bonchev–Trinajstić information content (AvgIpc) is 2.40.